The summed E-state index contributed by atoms with van der Waals surface area (Å²) < 4.78 is 5.42. The molecule has 5 heteroatoms. The summed E-state index contributed by atoms with van der Waals surface area (Å²) in [5.74, 6) is 0.752. The third kappa shape index (κ3) is 4.15. The number of hydrogen-bond donors (Lipinski definition) is 0. The highest BCUT2D eigenvalue weighted by Crippen LogP contribution is 2.25. The second-order valence-corrected chi connectivity index (χ2v) is 7.78. The Morgan fingerprint density at radius 2 is 1.88 bits per heavy atom. The predicted molar refractivity (Wildman–Crippen MR) is 101 cm³/mol. The Bertz CT molecular complexity index is 570. The van der Waals surface area contributed by atoms with Crippen molar-refractivity contribution >= 4 is 11.6 Å². The van der Waals surface area contributed by atoms with Crippen LogP contribution in [-0.2, 0) is 9.53 Å². The number of hydrogen-bond acceptors (Lipinski definition) is 4. The van der Waals surface area contributed by atoms with Crippen LogP contribution >= 0.6 is 0 Å². The van der Waals surface area contributed by atoms with E-state index in [1.54, 1.807) is 0 Å². The van der Waals surface area contributed by atoms with E-state index in [1.165, 1.54) is 5.69 Å². The first-order chi connectivity index (χ1) is 12.0. The molecule has 2 saturated heterocycles. The van der Waals surface area contributed by atoms with Crippen LogP contribution in [0.5, 0.6) is 0 Å². The van der Waals surface area contributed by atoms with Gasteiger partial charge in [0, 0.05) is 45.5 Å². The average molecular weight is 345 g/mol. The van der Waals surface area contributed by atoms with Gasteiger partial charge in [-0.25, -0.2) is 0 Å². The fourth-order valence-corrected chi connectivity index (χ4v) is 4.05. The van der Waals surface area contributed by atoms with Crippen LogP contribution in [0.1, 0.15) is 20.3 Å². The van der Waals surface area contributed by atoms with Gasteiger partial charge in [-0.15, -0.1) is 0 Å². The maximum absolute atomic E-state index is 13.0. The molecule has 138 valence electrons. The summed E-state index contributed by atoms with van der Waals surface area (Å²) in [6.45, 7) is 10.1. The normalized spacial score (nSPS) is 22.2. The first-order valence-electron chi connectivity index (χ1n) is 9.37. The highest BCUT2D eigenvalue weighted by atomic mass is 16.5. The van der Waals surface area contributed by atoms with Crippen LogP contribution in [0, 0.1) is 5.92 Å². The molecule has 25 heavy (non-hydrogen) atoms. The molecule has 0 radical (unpaired) electrons. The minimum atomic E-state index is -0.462. The van der Waals surface area contributed by atoms with Gasteiger partial charge >= 0.3 is 0 Å². The van der Waals surface area contributed by atoms with E-state index in [9.17, 15) is 4.79 Å². The number of benzene rings is 1. The number of amides is 1. The van der Waals surface area contributed by atoms with Crippen LogP contribution in [-0.4, -0.2) is 74.2 Å². The zero-order chi connectivity index (χ0) is 17.9. The Kier molecular flexibility index (Phi) is 5.64. The molecule has 2 aliphatic heterocycles. The van der Waals surface area contributed by atoms with Crippen molar-refractivity contribution in [2.45, 2.75) is 25.8 Å². The minimum Gasteiger partial charge on any atom is -0.379 e. The SMILES string of the molecule is CN(C[C@H]1CCN(c2ccccc2)C1)C(=O)C(C)(C)N1CCOCC1. The summed E-state index contributed by atoms with van der Waals surface area (Å²) in [6.07, 6.45) is 1.14. The average Bonchev–Trinajstić information content (AvgIpc) is 3.11. The van der Waals surface area contributed by atoms with Gasteiger partial charge in [0.2, 0.25) is 5.91 Å². The number of carbonyl (C=O) groups is 1. The number of nitrogens with zero attached hydrogens (tertiary/aromatic N) is 3. The van der Waals surface area contributed by atoms with E-state index in [1.807, 2.05) is 25.8 Å². The summed E-state index contributed by atoms with van der Waals surface area (Å²) in [5.41, 5.74) is 0.823. The molecule has 0 bridgehead atoms. The molecule has 1 aromatic carbocycles. The number of para-hydroxylation sites is 1. The van der Waals surface area contributed by atoms with Crippen LogP contribution in [0.25, 0.3) is 0 Å². The van der Waals surface area contributed by atoms with Crippen LogP contribution in [0.15, 0.2) is 30.3 Å². The minimum absolute atomic E-state index is 0.215. The molecule has 2 aliphatic rings. The van der Waals surface area contributed by atoms with Crippen LogP contribution in [0.2, 0.25) is 0 Å². The van der Waals surface area contributed by atoms with Gasteiger partial charge in [-0.3, -0.25) is 9.69 Å². The molecule has 2 heterocycles. The lowest BCUT2D eigenvalue weighted by atomic mass is 9.99. The topological polar surface area (TPSA) is 36.0 Å². The predicted octanol–water partition coefficient (Wildman–Crippen LogP) is 2.08. The van der Waals surface area contributed by atoms with E-state index in [0.717, 1.165) is 52.4 Å². The summed E-state index contributed by atoms with van der Waals surface area (Å²) in [6, 6.07) is 10.6. The third-order valence-electron chi connectivity index (χ3n) is 5.61. The van der Waals surface area contributed by atoms with Crippen molar-refractivity contribution in [1.82, 2.24) is 9.80 Å². The fraction of sp³-hybridized carbons (Fsp3) is 0.650. The molecule has 2 fully saturated rings. The molecule has 1 amide bonds. The largest absolute Gasteiger partial charge is 0.379 e. The van der Waals surface area contributed by atoms with Gasteiger partial charge in [-0.1, -0.05) is 18.2 Å². The number of morpholine rings is 1. The fourth-order valence-electron chi connectivity index (χ4n) is 4.05. The molecule has 0 aliphatic carbocycles. The number of carbonyl (C=O) groups excluding carboxylic acids is 1. The first kappa shape index (κ1) is 18.2. The molecule has 0 unspecified atom stereocenters. The van der Waals surface area contributed by atoms with Gasteiger partial charge in [-0.2, -0.15) is 0 Å². The lowest BCUT2D eigenvalue weighted by Crippen LogP contribution is -2.58. The van der Waals surface area contributed by atoms with E-state index < -0.39 is 5.54 Å². The number of rotatable bonds is 5. The van der Waals surface area contributed by atoms with E-state index >= 15 is 0 Å². The Labute approximate surface area is 151 Å². The zero-order valence-electron chi connectivity index (χ0n) is 15.8. The Morgan fingerprint density at radius 1 is 1.20 bits per heavy atom. The molecule has 0 spiro atoms. The molecule has 3 rings (SSSR count). The molecule has 0 aromatic heterocycles. The number of ether oxygens (including phenoxy) is 1. The second kappa shape index (κ2) is 7.75. The Hall–Kier alpha value is -1.59. The van der Waals surface area contributed by atoms with Crippen molar-refractivity contribution in [1.29, 1.82) is 0 Å². The van der Waals surface area contributed by atoms with Gasteiger partial charge in [0.25, 0.3) is 0 Å². The summed E-state index contributed by atoms with van der Waals surface area (Å²) in [5, 5.41) is 0. The maximum Gasteiger partial charge on any atom is 0.242 e. The highest BCUT2D eigenvalue weighted by molar-refractivity contribution is 5.85. The highest BCUT2D eigenvalue weighted by Gasteiger charge is 2.38. The molecule has 1 aromatic rings. The molecule has 0 saturated carbocycles. The van der Waals surface area contributed by atoms with Gasteiger partial charge < -0.3 is 14.5 Å². The third-order valence-corrected chi connectivity index (χ3v) is 5.61. The van der Waals surface area contributed by atoms with Crippen LogP contribution in [0.3, 0.4) is 0 Å². The maximum atomic E-state index is 13.0. The Balaban J connectivity index is 1.55. The van der Waals surface area contributed by atoms with E-state index in [-0.39, 0.29) is 5.91 Å². The quantitative estimate of drug-likeness (QED) is 0.819. The lowest BCUT2D eigenvalue weighted by Gasteiger charge is -2.41. The molecule has 5 nitrogen and oxygen atoms in total. The number of anilines is 1. The summed E-state index contributed by atoms with van der Waals surface area (Å²) in [4.78, 5) is 19.6. The van der Waals surface area contributed by atoms with Crippen molar-refractivity contribution in [2.75, 3.05) is 57.9 Å². The van der Waals surface area contributed by atoms with Crippen molar-refractivity contribution in [2.24, 2.45) is 5.92 Å². The van der Waals surface area contributed by atoms with E-state index in [2.05, 4.69) is 40.1 Å². The lowest BCUT2D eigenvalue weighted by molar-refractivity contribution is -0.144. The number of likely N-dealkylation sites (N-methyl/N-ethyl adjacent to an activating group) is 1. The first-order valence-corrected chi connectivity index (χ1v) is 9.37. The van der Waals surface area contributed by atoms with Crippen LogP contribution < -0.4 is 4.90 Å². The van der Waals surface area contributed by atoms with E-state index in [4.69, 9.17) is 4.74 Å². The second-order valence-electron chi connectivity index (χ2n) is 7.78. The van der Waals surface area contributed by atoms with E-state index in [0.29, 0.717) is 5.92 Å². The zero-order valence-corrected chi connectivity index (χ0v) is 15.8. The summed E-state index contributed by atoms with van der Waals surface area (Å²) in [7, 11) is 1.95. The summed E-state index contributed by atoms with van der Waals surface area (Å²) >= 11 is 0. The van der Waals surface area contributed by atoms with Gasteiger partial charge in [0.15, 0.2) is 0 Å². The van der Waals surface area contributed by atoms with Crippen LogP contribution in [0.4, 0.5) is 5.69 Å². The molecule has 1 atom stereocenters. The molecular weight excluding hydrogens is 314 g/mol. The van der Waals surface area contributed by atoms with Gasteiger partial charge in [-0.05, 0) is 38.3 Å². The van der Waals surface area contributed by atoms with Crippen molar-refractivity contribution in [3.63, 3.8) is 0 Å². The van der Waals surface area contributed by atoms with Gasteiger partial charge in [0.1, 0.15) is 0 Å². The molecule has 0 N–H and O–H groups in total. The monoisotopic (exact) mass is 345 g/mol. The molecular formula is C20H31N3O2. The van der Waals surface area contributed by atoms with Gasteiger partial charge in [0.05, 0.1) is 18.8 Å². The van der Waals surface area contributed by atoms with Crippen molar-refractivity contribution in [3.05, 3.63) is 30.3 Å². The smallest absolute Gasteiger partial charge is 0.242 e. The van der Waals surface area contributed by atoms with Crippen molar-refractivity contribution < 1.29 is 9.53 Å². The van der Waals surface area contributed by atoms with Crippen molar-refractivity contribution in [3.8, 4) is 0 Å². The Morgan fingerprint density at radius 3 is 2.56 bits per heavy atom. The standard InChI is InChI=1S/C20H31N3O2/c1-20(2,23-11-13-25-14-12-23)19(24)21(3)15-17-9-10-22(16-17)18-7-5-4-6-8-18/h4-8,17H,9-16H2,1-3H3/t17-/m1/s1.